The molecule has 0 radical (unpaired) electrons. The lowest BCUT2D eigenvalue weighted by atomic mass is 10.0. The average molecular weight is 341 g/mol. The standard InChI is InChI=1S/C13H15N3O6S/c17-9-3-1-8(2-4-9)7-14-13(19)15-6-5-10-11(15)12(18)16(10)23(20,21)22/h1-4,10-11,17H,5-7H2,(H,14,19)(H,20,21,22)/t10-,11+/m1/s1. The van der Waals surface area contributed by atoms with Crippen molar-refractivity contribution in [3.63, 3.8) is 0 Å². The molecule has 2 fully saturated rings. The second kappa shape index (κ2) is 5.39. The Morgan fingerprint density at radius 3 is 2.57 bits per heavy atom. The number of hydrogen-bond acceptors (Lipinski definition) is 5. The number of urea groups is 1. The smallest absolute Gasteiger partial charge is 0.362 e. The van der Waals surface area contributed by atoms with Crippen molar-refractivity contribution in [2.24, 2.45) is 0 Å². The summed E-state index contributed by atoms with van der Waals surface area (Å²) in [5.41, 5.74) is 0.770. The van der Waals surface area contributed by atoms with E-state index < -0.39 is 34.3 Å². The molecule has 0 aromatic heterocycles. The van der Waals surface area contributed by atoms with Gasteiger partial charge in [0.05, 0.1) is 6.04 Å². The van der Waals surface area contributed by atoms with Gasteiger partial charge in [-0.3, -0.25) is 9.35 Å². The first kappa shape index (κ1) is 15.6. The first-order valence-electron chi connectivity index (χ1n) is 6.92. The van der Waals surface area contributed by atoms with E-state index in [4.69, 9.17) is 4.55 Å². The van der Waals surface area contributed by atoms with Crippen LogP contribution in [0.4, 0.5) is 4.79 Å². The van der Waals surface area contributed by atoms with Gasteiger partial charge in [0, 0.05) is 13.1 Å². The molecule has 3 N–H and O–H groups in total. The van der Waals surface area contributed by atoms with Crippen molar-refractivity contribution in [3.05, 3.63) is 29.8 Å². The highest BCUT2D eigenvalue weighted by Crippen LogP contribution is 2.35. The molecule has 0 unspecified atom stereocenters. The number of likely N-dealkylation sites (tertiary alicyclic amines) is 1. The molecular weight excluding hydrogens is 326 g/mol. The minimum Gasteiger partial charge on any atom is -0.508 e. The molecule has 0 bridgehead atoms. The third-order valence-corrected chi connectivity index (χ3v) is 4.97. The van der Waals surface area contributed by atoms with Crippen molar-refractivity contribution >= 4 is 22.2 Å². The minimum atomic E-state index is -4.58. The number of rotatable bonds is 3. The fourth-order valence-electron chi connectivity index (χ4n) is 2.94. The molecule has 1 aromatic rings. The molecule has 1 aromatic carbocycles. The Kier molecular flexibility index (Phi) is 3.65. The third-order valence-electron chi connectivity index (χ3n) is 4.03. The highest BCUT2D eigenvalue weighted by atomic mass is 32.2. The van der Waals surface area contributed by atoms with Gasteiger partial charge in [0.1, 0.15) is 11.8 Å². The average Bonchev–Trinajstić information content (AvgIpc) is 2.83. The summed E-state index contributed by atoms with van der Waals surface area (Å²) in [5.74, 6) is -0.678. The van der Waals surface area contributed by atoms with Crippen LogP contribution in [0, 0.1) is 0 Å². The number of benzene rings is 1. The molecular formula is C13H15N3O6S. The highest BCUT2D eigenvalue weighted by Gasteiger charge is 2.59. The monoisotopic (exact) mass is 341 g/mol. The van der Waals surface area contributed by atoms with E-state index in [9.17, 15) is 23.1 Å². The number of nitrogens with zero attached hydrogens (tertiary/aromatic N) is 2. The lowest BCUT2D eigenvalue weighted by Crippen LogP contribution is -2.68. The highest BCUT2D eigenvalue weighted by molar-refractivity contribution is 7.84. The maximum atomic E-state index is 12.2. The van der Waals surface area contributed by atoms with E-state index in [0.717, 1.165) is 5.56 Å². The van der Waals surface area contributed by atoms with Crippen LogP contribution in [0.2, 0.25) is 0 Å². The molecule has 3 amide bonds. The summed E-state index contributed by atoms with van der Waals surface area (Å²) in [4.78, 5) is 25.3. The fraction of sp³-hybridized carbons (Fsp3) is 0.385. The van der Waals surface area contributed by atoms with Gasteiger partial charge in [-0.15, -0.1) is 0 Å². The van der Waals surface area contributed by atoms with E-state index in [1.54, 1.807) is 12.1 Å². The summed E-state index contributed by atoms with van der Waals surface area (Å²) in [5, 5.41) is 11.8. The molecule has 23 heavy (non-hydrogen) atoms. The first-order valence-corrected chi connectivity index (χ1v) is 8.32. The Morgan fingerprint density at radius 2 is 1.96 bits per heavy atom. The van der Waals surface area contributed by atoms with Gasteiger partial charge in [0.15, 0.2) is 0 Å². The van der Waals surface area contributed by atoms with Crippen LogP contribution < -0.4 is 5.32 Å². The first-order chi connectivity index (χ1) is 10.8. The molecule has 124 valence electrons. The molecule has 2 saturated heterocycles. The van der Waals surface area contributed by atoms with Crippen LogP contribution in [-0.4, -0.2) is 57.8 Å². The normalized spacial score (nSPS) is 23.4. The van der Waals surface area contributed by atoms with Gasteiger partial charge in [-0.1, -0.05) is 12.1 Å². The molecule has 3 rings (SSSR count). The van der Waals surface area contributed by atoms with Crippen molar-refractivity contribution in [3.8, 4) is 5.75 Å². The van der Waals surface area contributed by atoms with Gasteiger partial charge < -0.3 is 15.3 Å². The Labute approximate surface area is 132 Å². The maximum absolute atomic E-state index is 12.2. The molecule has 2 aliphatic rings. The van der Waals surface area contributed by atoms with E-state index in [2.05, 4.69) is 5.32 Å². The number of nitrogens with one attached hydrogen (secondary N) is 1. The Balaban J connectivity index is 1.62. The number of phenols is 1. The van der Waals surface area contributed by atoms with Crippen molar-refractivity contribution < 1.29 is 27.7 Å². The number of fused-ring (bicyclic) bond motifs is 1. The van der Waals surface area contributed by atoms with Crippen LogP contribution in [0.25, 0.3) is 0 Å². The molecule has 0 aliphatic carbocycles. The molecule has 2 aliphatic heterocycles. The van der Waals surface area contributed by atoms with Gasteiger partial charge >= 0.3 is 16.3 Å². The quantitative estimate of drug-likeness (QED) is 0.511. The summed E-state index contributed by atoms with van der Waals surface area (Å²) in [6.07, 6.45) is 0.294. The van der Waals surface area contributed by atoms with Crippen LogP contribution in [-0.2, 0) is 21.6 Å². The van der Waals surface area contributed by atoms with E-state index in [1.165, 1.54) is 17.0 Å². The van der Waals surface area contributed by atoms with Crippen LogP contribution in [0.3, 0.4) is 0 Å². The SMILES string of the molecule is O=C(NCc1ccc(O)cc1)N1CC[C@@H]2[C@H]1C(=O)N2S(=O)(=O)O. The maximum Gasteiger partial charge on any atom is 0.362 e. The summed E-state index contributed by atoms with van der Waals surface area (Å²) < 4.78 is 31.6. The summed E-state index contributed by atoms with van der Waals surface area (Å²) in [6.45, 7) is 0.442. The predicted octanol–water partition coefficient (Wildman–Crippen LogP) is -0.310. The summed E-state index contributed by atoms with van der Waals surface area (Å²) in [7, 11) is -4.58. The van der Waals surface area contributed by atoms with Crippen molar-refractivity contribution in [1.82, 2.24) is 14.5 Å². The number of amides is 3. The van der Waals surface area contributed by atoms with Crippen molar-refractivity contribution in [2.45, 2.75) is 25.0 Å². The molecule has 2 atom stereocenters. The number of aromatic hydroxyl groups is 1. The van der Waals surface area contributed by atoms with Gasteiger partial charge in [-0.05, 0) is 24.1 Å². The van der Waals surface area contributed by atoms with Crippen molar-refractivity contribution in [2.75, 3.05) is 6.54 Å². The van der Waals surface area contributed by atoms with Crippen LogP contribution in [0.1, 0.15) is 12.0 Å². The number of carbonyl (C=O) groups is 2. The minimum absolute atomic E-state index is 0.118. The topological polar surface area (TPSA) is 127 Å². The number of phenolic OH excluding ortho intramolecular Hbond substituents is 1. The van der Waals surface area contributed by atoms with Crippen molar-refractivity contribution in [1.29, 1.82) is 0 Å². The zero-order chi connectivity index (χ0) is 16.8. The van der Waals surface area contributed by atoms with Gasteiger partial charge in [0.2, 0.25) is 0 Å². The zero-order valence-corrected chi connectivity index (χ0v) is 12.7. The van der Waals surface area contributed by atoms with Gasteiger partial charge in [0.25, 0.3) is 5.91 Å². The lowest BCUT2D eigenvalue weighted by molar-refractivity contribution is -0.143. The van der Waals surface area contributed by atoms with Crippen LogP contribution in [0.15, 0.2) is 24.3 Å². The van der Waals surface area contributed by atoms with Gasteiger partial charge in [-0.25, -0.2) is 9.10 Å². The molecule has 10 heteroatoms. The van der Waals surface area contributed by atoms with Crippen LogP contribution >= 0.6 is 0 Å². The number of carbonyl (C=O) groups excluding carboxylic acids is 2. The van der Waals surface area contributed by atoms with E-state index >= 15 is 0 Å². The lowest BCUT2D eigenvalue weighted by Gasteiger charge is -2.42. The van der Waals surface area contributed by atoms with Gasteiger partial charge in [-0.2, -0.15) is 8.42 Å². The Morgan fingerprint density at radius 1 is 1.30 bits per heavy atom. The second-order valence-electron chi connectivity index (χ2n) is 5.43. The summed E-state index contributed by atoms with van der Waals surface area (Å²) in [6, 6.07) is 4.26. The zero-order valence-electron chi connectivity index (χ0n) is 11.9. The predicted molar refractivity (Wildman–Crippen MR) is 77.6 cm³/mol. The fourth-order valence-corrected chi connectivity index (χ4v) is 3.84. The molecule has 2 heterocycles. The third kappa shape index (κ3) is 2.70. The second-order valence-corrected chi connectivity index (χ2v) is 6.72. The molecule has 9 nitrogen and oxygen atoms in total. The van der Waals surface area contributed by atoms with E-state index in [1.807, 2.05) is 0 Å². The molecule has 0 spiro atoms. The van der Waals surface area contributed by atoms with Crippen LogP contribution in [0.5, 0.6) is 5.75 Å². The largest absolute Gasteiger partial charge is 0.508 e. The van der Waals surface area contributed by atoms with E-state index in [-0.39, 0.29) is 18.8 Å². The Bertz CT molecular complexity index is 747. The summed E-state index contributed by atoms with van der Waals surface area (Å²) >= 11 is 0. The number of β-lactam (4-membered cyclic amide) rings is 1. The number of hydrogen-bond donors (Lipinski definition) is 3. The molecule has 0 saturated carbocycles. The van der Waals surface area contributed by atoms with E-state index in [0.29, 0.717) is 10.7 Å². The Hall–Kier alpha value is -2.33.